The minimum atomic E-state index is -0.931. The third-order valence-corrected chi connectivity index (χ3v) is 11.8. The lowest BCUT2D eigenvalue weighted by Crippen LogP contribution is -2.61. The molecule has 0 spiro atoms. The molecule has 58 heavy (non-hydrogen) atoms. The fourth-order valence-corrected chi connectivity index (χ4v) is 8.66. The van der Waals surface area contributed by atoms with Crippen LogP contribution in [0.3, 0.4) is 0 Å². The fourth-order valence-electron chi connectivity index (χ4n) is 7.81. The van der Waals surface area contributed by atoms with Crippen LogP contribution in [0.4, 0.5) is 0 Å². The van der Waals surface area contributed by atoms with Crippen molar-refractivity contribution in [2.24, 2.45) is 17.3 Å². The maximum atomic E-state index is 14.1. The van der Waals surface area contributed by atoms with E-state index in [-0.39, 0.29) is 104 Å². The van der Waals surface area contributed by atoms with Gasteiger partial charge in [-0.1, -0.05) is 19.9 Å². The van der Waals surface area contributed by atoms with E-state index in [2.05, 4.69) is 66.4 Å². The predicted molar refractivity (Wildman–Crippen MR) is 253 cm³/mol. The monoisotopic (exact) mass is 907 g/mol. The molecule has 5 atom stereocenters. The number of nitriles is 1. The Hall–Kier alpha value is -2.89. The van der Waals surface area contributed by atoms with Gasteiger partial charge in [-0.15, -0.1) is 11.3 Å². The first-order chi connectivity index (χ1) is 25.5. The summed E-state index contributed by atoms with van der Waals surface area (Å²) in [6.07, 6.45) is 4.73. The van der Waals surface area contributed by atoms with Gasteiger partial charge in [-0.2, -0.15) is 72.7 Å². The summed E-state index contributed by atoms with van der Waals surface area (Å²) in [4.78, 5) is 50.9. The lowest BCUT2D eigenvalue weighted by atomic mass is 9.74. The van der Waals surface area contributed by atoms with Gasteiger partial charge in [0.15, 0.2) is 0 Å². The highest BCUT2D eigenvalue weighted by Crippen LogP contribution is 2.42. The zero-order chi connectivity index (χ0) is 37.4. The number of hydrogen-bond acceptors (Lipinski definition) is 10. The number of benzene rings is 1. The van der Waals surface area contributed by atoms with Crippen LogP contribution in [0.1, 0.15) is 75.7 Å². The second-order valence-corrected chi connectivity index (χ2v) is 16.1. The molecule has 2 aliphatic heterocycles. The molecule has 7 rings (SSSR count). The first-order valence-corrected chi connectivity index (χ1v) is 19.4. The second-order valence-electron chi connectivity index (χ2n) is 15.2. The van der Waals surface area contributed by atoms with Gasteiger partial charge >= 0.3 is 5.97 Å². The number of carbonyl (C=O) groups is 3. The number of nitrogens with one attached hydrogen (secondary N) is 2. The number of aromatic nitrogens is 3. The summed E-state index contributed by atoms with van der Waals surface area (Å²) >= 11 is 1.44. The summed E-state index contributed by atoms with van der Waals surface area (Å²) in [5.74, 6) is -1.88. The average molecular weight is 908 g/mol. The van der Waals surface area contributed by atoms with Crippen LogP contribution in [-0.4, -0.2) is 69.7 Å². The first kappa shape index (κ1) is 51.3. The van der Waals surface area contributed by atoms with Gasteiger partial charge in [0.1, 0.15) is 12.1 Å². The molecule has 0 radical (unpaired) electrons. The molecule has 12 nitrogen and oxygen atoms in total. The second kappa shape index (κ2) is 21.6. The van der Waals surface area contributed by atoms with Gasteiger partial charge in [-0.25, -0.2) is 10.4 Å². The molecule has 0 unspecified atom stereocenters. The molecular formula is C40H57N7O5S6. The molecule has 3 aromatic heterocycles. The number of hydrogen-bond donors (Lipinski definition) is 2. The van der Waals surface area contributed by atoms with E-state index < -0.39 is 29.4 Å². The number of nitrogens with zero attached hydrogens (tertiary/aromatic N) is 5. The van der Waals surface area contributed by atoms with Crippen molar-refractivity contribution in [2.45, 2.75) is 91.0 Å². The fraction of sp³-hybridized carbons (Fsp3) is 0.500. The Balaban J connectivity index is 0.00000232. The smallest absolute Gasteiger partial charge is 0.324 e. The largest absolute Gasteiger partial charge is 0.464 e. The van der Waals surface area contributed by atoms with E-state index in [1.54, 1.807) is 13.3 Å². The Labute approximate surface area is 379 Å². The van der Waals surface area contributed by atoms with E-state index in [1.165, 1.54) is 16.3 Å². The van der Waals surface area contributed by atoms with Crippen molar-refractivity contribution in [3.63, 3.8) is 0 Å². The third-order valence-electron chi connectivity index (χ3n) is 10.9. The molecule has 318 valence electrons. The Bertz CT molecular complexity index is 2100. The number of aryl methyl sites for hydroxylation is 1. The number of amides is 2. The SMILES string of the molecule is CCn1c(-c2cccnc2[C@H](C)OC)c2c3cc(ccc31)-c1csc(n1)C[C@H](NC(=O)[C@H]1CC[C@@H]1C#N)C(=O)N1CCC[C@H](N1)C(=O)OCC(C)(C)C2.S.S.S.S.S. The lowest BCUT2D eigenvalue weighted by Gasteiger charge is -2.36. The molecule has 6 bridgehead atoms. The van der Waals surface area contributed by atoms with Crippen LogP contribution in [0.15, 0.2) is 41.9 Å². The number of hydrazine groups is 1. The Morgan fingerprint density at radius 1 is 1.16 bits per heavy atom. The van der Waals surface area contributed by atoms with Gasteiger partial charge in [0.25, 0.3) is 5.91 Å². The number of methoxy groups -OCH3 is 1. The van der Waals surface area contributed by atoms with Crippen LogP contribution in [0.25, 0.3) is 33.4 Å². The zero-order valence-corrected chi connectivity index (χ0v) is 39.3. The highest BCUT2D eigenvalue weighted by molar-refractivity contribution is 7.60. The van der Waals surface area contributed by atoms with Crippen LogP contribution in [0.5, 0.6) is 0 Å². The molecule has 2 amide bonds. The number of esters is 1. The van der Waals surface area contributed by atoms with Crippen LogP contribution in [0.2, 0.25) is 0 Å². The molecule has 1 saturated heterocycles. The number of ether oxygens (including phenoxy) is 2. The lowest BCUT2D eigenvalue weighted by molar-refractivity contribution is -0.155. The van der Waals surface area contributed by atoms with Crippen LogP contribution >= 0.6 is 78.8 Å². The number of rotatable bonds is 6. The molecule has 3 aliphatic rings. The predicted octanol–water partition coefficient (Wildman–Crippen LogP) is 6.32. The van der Waals surface area contributed by atoms with Crippen LogP contribution in [0, 0.1) is 28.6 Å². The molecule has 1 saturated carbocycles. The van der Waals surface area contributed by atoms with Crippen molar-refractivity contribution in [2.75, 3.05) is 20.3 Å². The molecule has 18 heteroatoms. The summed E-state index contributed by atoms with van der Waals surface area (Å²) in [6.45, 7) is 9.61. The topological polar surface area (TPSA) is 151 Å². The van der Waals surface area contributed by atoms with E-state index in [0.29, 0.717) is 43.7 Å². The molecule has 4 aromatic rings. The molecule has 1 aromatic carbocycles. The van der Waals surface area contributed by atoms with Gasteiger partial charge in [-0.05, 0) is 75.8 Å². The number of thiazole rings is 1. The average Bonchev–Trinajstić information content (AvgIpc) is 3.74. The van der Waals surface area contributed by atoms with E-state index in [0.717, 1.165) is 51.2 Å². The van der Waals surface area contributed by atoms with Gasteiger partial charge in [0, 0.05) is 65.6 Å². The van der Waals surface area contributed by atoms with Crippen molar-refractivity contribution in [3.05, 3.63) is 58.2 Å². The maximum absolute atomic E-state index is 14.1. The molecule has 1 aliphatic carbocycles. The summed E-state index contributed by atoms with van der Waals surface area (Å²) in [5.41, 5.74) is 9.47. The quantitative estimate of drug-likeness (QED) is 0.212. The third kappa shape index (κ3) is 10.3. The summed E-state index contributed by atoms with van der Waals surface area (Å²) < 4.78 is 14.1. The minimum absolute atomic E-state index is 0. The highest BCUT2D eigenvalue weighted by atomic mass is 32.1. The number of fused-ring (bicyclic) bond motifs is 6. The van der Waals surface area contributed by atoms with Crippen molar-refractivity contribution in [1.82, 2.24) is 30.3 Å². The maximum Gasteiger partial charge on any atom is 0.324 e. The molecule has 2 N–H and O–H groups in total. The Morgan fingerprint density at radius 3 is 2.59 bits per heavy atom. The van der Waals surface area contributed by atoms with E-state index >= 15 is 0 Å². The summed E-state index contributed by atoms with van der Waals surface area (Å²) in [7, 11) is 1.69. The molecule has 5 heterocycles. The standard InChI is InChI=1S/C40H47N7O5S.5H2S/c1-6-46-33-14-12-24-17-28(33)29(36(46)27-9-7-15-42-35(27)23(2)51-5)19-40(3,4)22-52-39(50)30-10-8-16-47(45-30)38(49)31(18-34-43-32(24)21-53-34)44-37(48)26-13-11-25(26)20-41;;;;;/h7,9,12,14-15,17,21,23,25-26,30-31,45H,6,8,10-11,13,16,18-19,22H2,1-5H3,(H,44,48);5*1H2/t23-,25+,26-,30-,31-;;;;;/m0...../s1. The molecule has 2 fully saturated rings. The van der Waals surface area contributed by atoms with Crippen molar-refractivity contribution >= 4 is 108 Å². The van der Waals surface area contributed by atoms with Gasteiger partial charge in [0.05, 0.1) is 52.7 Å². The van der Waals surface area contributed by atoms with Gasteiger partial charge < -0.3 is 19.4 Å². The highest BCUT2D eigenvalue weighted by Gasteiger charge is 2.40. The normalized spacial score (nSPS) is 21.7. The van der Waals surface area contributed by atoms with E-state index in [1.807, 2.05) is 18.4 Å². The number of carbonyl (C=O) groups excluding carboxylic acids is 3. The van der Waals surface area contributed by atoms with Crippen molar-refractivity contribution in [3.8, 4) is 28.6 Å². The van der Waals surface area contributed by atoms with Crippen LogP contribution < -0.4 is 10.7 Å². The first-order valence-electron chi connectivity index (χ1n) is 18.5. The minimum Gasteiger partial charge on any atom is -0.464 e. The van der Waals surface area contributed by atoms with Crippen LogP contribution in [-0.2, 0) is 43.2 Å². The van der Waals surface area contributed by atoms with Crippen molar-refractivity contribution in [1.29, 1.82) is 5.26 Å². The number of pyridine rings is 1. The Morgan fingerprint density at radius 2 is 1.91 bits per heavy atom. The number of cyclic esters (lactones) is 1. The zero-order valence-electron chi connectivity index (χ0n) is 33.5. The van der Waals surface area contributed by atoms with Crippen molar-refractivity contribution < 1.29 is 23.9 Å². The van der Waals surface area contributed by atoms with Gasteiger partial charge in [0.2, 0.25) is 5.91 Å². The van der Waals surface area contributed by atoms with Gasteiger partial charge in [-0.3, -0.25) is 24.4 Å². The van der Waals surface area contributed by atoms with E-state index in [9.17, 15) is 19.6 Å². The summed E-state index contributed by atoms with van der Waals surface area (Å²) in [6, 6.07) is 11.0. The molecular weight excluding hydrogens is 851 g/mol. The van der Waals surface area contributed by atoms with E-state index in [4.69, 9.17) is 19.4 Å². The summed E-state index contributed by atoms with van der Waals surface area (Å²) in [5, 5.41) is 17.7. The Kier molecular flexibility index (Phi) is 19.1.